The van der Waals surface area contributed by atoms with Crippen molar-refractivity contribution >= 4 is 40.0 Å². The van der Waals surface area contributed by atoms with Crippen molar-refractivity contribution in [3.05, 3.63) is 76.1 Å². The number of fused-ring (bicyclic) bond motifs is 1. The van der Waals surface area contributed by atoms with Crippen molar-refractivity contribution in [3.8, 4) is 5.75 Å². The van der Waals surface area contributed by atoms with Crippen molar-refractivity contribution in [2.24, 2.45) is 0 Å². The third kappa shape index (κ3) is 4.23. The molecule has 0 saturated carbocycles. The minimum atomic E-state index is -0.187. The van der Waals surface area contributed by atoms with Crippen LogP contribution in [0.3, 0.4) is 0 Å². The van der Waals surface area contributed by atoms with Gasteiger partial charge in [0.15, 0.2) is 10.9 Å². The second kappa shape index (κ2) is 8.41. The number of ketones is 1. The first-order chi connectivity index (χ1) is 13.0. The minimum Gasteiger partial charge on any atom is -0.497 e. The molecule has 27 heavy (non-hydrogen) atoms. The second-order valence-corrected chi connectivity index (χ2v) is 7.08. The molecular formula is C20H17ClN2O3S. The van der Waals surface area contributed by atoms with E-state index >= 15 is 0 Å². The first-order valence-electron chi connectivity index (χ1n) is 8.14. The van der Waals surface area contributed by atoms with Crippen LogP contribution in [0.5, 0.6) is 5.75 Å². The van der Waals surface area contributed by atoms with Gasteiger partial charge < -0.3 is 4.74 Å². The van der Waals surface area contributed by atoms with Crippen LogP contribution < -0.4 is 10.3 Å². The van der Waals surface area contributed by atoms with Gasteiger partial charge in [-0.2, -0.15) is 0 Å². The van der Waals surface area contributed by atoms with Crippen LogP contribution in [-0.2, 0) is 6.54 Å². The quantitative estimate of drug-likeness (QED) is 0.257. The molecule has 5 nitrogen and oxygen atoms in total. The van der Waals surface area contributed by atoms with E-state index in [9.17, 15) is 9.59 Å². The van der Waals surface area contributed by atoms with Gasteiger partial charge in [-0.15, -0.1) is 6.58 Å². The Labute approximate surface area is 165 Å². The van der Waals surface area contributed by atoms with Gasteiger partial charge in [-0.25, -0.2) is 4.98 Å². The van der Waals surface area contributed by atoms with E-state index in [1.54, 1.807) is 55.7 Å². The molecule has 0 bridgehead atoms. The molecule has 0 atom stereocenters. The van der Waals surface area contributed by atoms with Gasteiger partial charge in [0.05, 0.1) is 23.8 Å². The van der Waals surface area contributed by atoms with Crippen molar-refractivity contribution < 1.29 is 9.53 Å². The van der Waals surface area contributed by atoms with Crippen LogP contribution in [0.2, 0.25) is 5.02 Å². The van der Waals surface area contributed by atoms with Crippen LogP contribution >= 0.6 is 23.4 Å². The zero-order valence-electron chi connectivity index (χ0n) is 14.6. The topological polar surface area (TPSA) is 61.2 Å². The summed E-state index contributed by atoms with van der Waals surface area (Å²) >= 11 is 7.23. The molecule has 3 aromatic rings. The predicted octanol–water partition coefficient (Wildman–Crippen LogP) is 4.22. The molecule has 0 saturated heterocycles. The number of methoxy groups -OCH3 is 1. The third-order valence-electron chi connectivity index (χ3n) is 3.92. The third-order valence-corrected chi connectivity index (χ3v) is 5.13. The average Bonchev–Trinajstić information content (AvgIpc) is 2.68. The average molecular weight is 401 g/mol. The number of Topliss-reactive ketones (excluding diaryl/α,β-unsaturated/α-hetero) is 1. The predicted molar refractivity (Wildman–Crippen MR) is 109 cm³/mol. The number of carbonyl (C=O) groups excluding carboxylic acids is 1. The lowest BCUT2D eigenvalue weighted by atomic mass is 10.1. The Kier molecular flexibility index (Phi) is 5.98. The molecule has 7 heteroatoms. The van der Waals surface area contributed by atoms with Crippen LogP contribution in [0.1, 0.15) is 10.4 Å². The molecule has 0 aliphatic carbocycles. The number of nitrogens with zero attached hydrogens (tertiary/aromatic N) is 2. The number of aromatic nitrogens is 2. The lowest BCUT2D eigenvalue weighted by Gasteiger charge is -2.11. The lowest BCUT2D eigenvalue weighted by molar-refractivity contribution is 0.102. The Bertz CT molecular complexity index is 1080. The lowest BCUT2D eigenvalue weighted by Crippen LogP contribution is -2.23. The molecule has 0 N–H and O–H groups in total. The fourth-order valence-electron chi connectivity index (χ4n) is 2.58. The highest BCUT2D eigenvalue weighted by Gasteiger charge is 2.14. The fourth-order valence-corrected chi connectivity index (χ4v) is 3.65. The van der Waals surface area contributed by atoms with Crippen molar-refractivity contribution in [3.63, 3.8) is 0 Å². The number of hydrogen-bond acceptors (Lipinski definition) is 5. The molecule has 0 unspecified atom stereocenters. The molecular weight excluding hydrogens is 384 g/mol. The van der Waals surface area contributed by atoms with Gasteiger partial charge in [-0.05, 0) is 30.3 Å². The van der Waals surface area contributed by atoms with Crippen LogP contribution in [0.15, 0.2) is 65.1 Å². The normalized spacial score (nSPS) is 10.7. The summed E-state index contributed by atoms with van der Waals surface area (Å²) in [5.41, 5.74) is 0.861. The minimum absolute atomic E-state index is 0.0792. The summed E-state index contributed by atoms with van der Waals surface area (Å²) in [6.07, 6.45) is 1.62. The molecule has 138 valence electrons. The van der Waals surface area contributed by atoms with Gasteiger partial charge in [0.25, 0.3) is 5.56 Å². The number of hydrogen-bond donors (Lipinski definition) is 0. The zero-order valence-corrected chi connectivity index (χ0v) is 16.2. The SMILES string of the molecule is C=CCn1c(SCC(=O)c2cccc(OC)c2)nc2cc(Cl)ccc2c1=O. The summed E-state index contributed by atoms with van der Waals surface area (Å²) in [4.78, 5) is 29.8. The van der Waals surface area contributed by atoms with Gasteiger partial charge in [-0.1, -0.05) is 41.6 Å². The van der Waals surface area contributed by atoms with E-state index in [0.717, 1.165) is 0 Å². The van der Waals surface area contributed by atoms with Crippen LogP contribution in [0.25, 0.3) is 10.9 Å². The van der Waals surface area contributed by atoms with Crippen LogP contribution in [0.4, 0.5) is 0 Å². The molecule has 1 heterocycles. The first-order valence-corrected chi connectivity index (χ1v) is 9.51. The van der Waals surface area contributed by atoms with Gasteiger partial charge in [-0.3, -0.25) is 14.2 Å². The van der Waals surface area contributed by atoms with Crippen molar-refractivity contribution in [2.45, 2.75) is 11.7 Å². The first kappa shape index (κ1) is 19.2. The zero-order chi connectivity index (χ0) is 19.4. The van der Waals surface area contributed by atoms with Gasteiger partial charge >= 0.3 is 0 Å². The summed E-state index contributed by atoms with van der Waals surface area (Å²) in [5, 5.41) is 1.43. The maximum Gasteiger partial charge on any atom is 0.262 e. The van der Waals surface area contributed by atoms with Crippen molar-refractivity contribution in [2.75, 3.05) is 12.9 Å². The van der Waals surface area contributed by atoms with Gasteiger partial charge in [0, 0.05) is 17.1 Å². The Morgan fingerprint density at radius 3 is 2.89 bits per heavy atom. The largest absolute Gasteiger partial charge is 0.497 e. The highest BCUT2D eigenvalue weighted by Crippen LogP contribution is 2.22. The smallest absolute Gasteiger partial charge is 0.262 e. The molecule has 1 aromatic heterocycles. The van der Waals surface area contributed by atoms with E-state index in [1.165, 1.54) is 16.3 Å². The number of halogens is 1. The molecule has 0 radical (unpaired) electrons. The maximum absolute atomic E-state index is 12.8. The molecule has 0 spiro atoms. The molecule has 3 rings (SSSR count). The monoisotopic (exact) mass is 400 g/mol. The van der Waals surface area contributed by atoms with E-state index in [2.05, 4.69) is 11.6 Å². The van der Waals surface area contributed by atoms with Gasteiger partial charge in [0.1, 0.15) is 5.75 Å². The standard InChI is InChI=1S/C20H17ClN2O3S/c1-3-9-23-19(25)16-8-7-14(21)11-17(16)22-20(23)27-12-18(24)13-5-4-6-15(10-13)26-2/h3-8,10-11H,1,9,12H2,2H3. The highest BCUT2D eigenvalue weighted by molar-refractivity contribution is 7.99. The summed E-state index contributed by atoms with van der Waals surface area (Å²) < 4.78 is 6.66. The Morgan fingerprint density at radius 2 is 2.15 bits per heavy atom. The van der Waals surface area contributed by atoms with E-state index in [4.69, 9.17) is 16.3 Å². The van der Waals surface area contributed by atoms with E-state index in [0.29, 0.717) is 38.9 Å². The highest BCUT2D eigenvalue weighted by atomic mass is 35.5. The second-order valence-electron chi connectivity index (χ2n) is 5.70. The number of ether oxygens (including phenoxy) is 1. The molecule has 0 amide bonds. The maximum atomic E-state index is 12.8. The Balaban J connectivity index is 1.93. The van der Waals surface area contributed by atoms with Crippen LogP contribution in [0, 0.1) is 0 Å². The molecule has 0 aliphatic heterocycles. The number of rotatable bonds is 7. The van der Waals surface area contributed by atoms with E-state index < -0.39 is 0 Å². The van der Waals surface area contributed by atoms with Crippen molar-refractivity contribution in [1.29, 1.82) is 0 Å². The number of allylic oxidation sites excluding steroid dienone is 1. The summed E-state index contributed by atoms with van der Waals surface area (Å²) in [5.74, 6) is 0.681. The summed E-state index contributed by atoms with van der Waals surface area (Å²) in [7, 11) is 1.55. The van der Waals surface area contributed by atoms with E-state index in [1.807, 2.05) is 0 Å². The fraction of sp³-hybridized carbons (Fsp3) is 0.150. The van der Waals surface area contributed by atoms with Crippen molar-refractivity contribution in [1.82, 2.24) is 9.55 Å². The van der Waals surface area contributed by atoms with E-state index in [-0.39, 0.29) is 17.1 Å². The van der Waals surface area contributed by atoms with Crippen LogP contribution in [-0.4, -0.2) is 28.2 Å². The number of benzene rings is 2. The number of carbonyl (C=O) groups is 1. The Hall–Kier alpha value is -2.57. The molecule has 0 fully saturated rings. The Morgan fingerprint density at radius 1 is 1.33 bits per heavy atom. The molecule has 0 aliphatic rings. The number of thioether (sulfide) groups is 1. The summed E-state index contributed by atoms with van der Waals surface area (Å²) in [6, 6.07) is 11.9. The molecule has 2 aromatic carbocycles. The summed E-state index contributed by atoms with van der Waals surface area (Å²) in [6.45, 7) is 4.00. The van der Waals surface area contributed by atoms with Gasteiger partial charge in [0.2, 0.25) is 0 Å².